The minimum absolute atomic E-state index is 0.0861. The Kier molecular flexibility index (Phi) is 4.39. The molecule has 0 aromatic heterocycles. The van der Waals surface area contributed by atoms with Crippen molar-refractivity contribution in [1.82, 2.24) is 0 Å². The van der Waals surface area contributed by atoms with Gasteiger partial charge < -0.3 is 10.7 Å². The number of benzene rings is 2. The summed E-state index contributed by atoms with van der Waals surface area (Å²) in [6.45, 7) is 0.426. The molecular formula is C13H13ClN4O2. The van der Waals surface area contributed by atoms with Gasteiger partial charge in [0.25, 0.3) is 0 Å². The molecule has 6 nitrogen and oxygen atoms in total. The van der Waals surface area contributed by atoms with Crippen LogP contribution in [0.2, 0.25) is 5.02 Å². The zero-order chi connectivity index (χ0) is 14.5. The van der Waals surface area contributed by atoms with Gasteiger partial charge in [0.15, 0.2) is 0 Å². The first kappa shape index (κ1) is 14.1. The van der Waals surface area contributed by atoms with Gasteiger partial charge >= 0.3 is 5.69 Å². The largest absolute Gasteiger partial charge is 0.375 e. The van der Waals surface area contributed by atoms with Crippen molar-refractivity contribution in [2.45, 2.75) is 6.54 Å². The van der Waals surface area contributed by atoms with Crippen molar-refractivity contribution < 1.29 is 4.92 Å². The molecule has 0 saturated heterocycles. The number of hydrogen-bond acceptors (Lipinski definition) is 5. The van der Waals surface area contributed by atoms with E-state index in [4.69, 9.17) is 17.4 Å². The van der Waals surface area contributed by atoms with Crippen LogP contribution in [0, 0.1) is 10.1 Å². The Bertz CT molecular complexity index is 634. The van der Waals surface area contributed by atoms with E-state index in [9.17, 15) is 10.1 Å². The zero-order valence-electron chi connectivity index (χ0n) is 10.5. The van der Waals surface area contributed by atoms with Gasteiger partial charge in [-0.25, -0.2) is 0 Å². The molecular weight excluding hydrogens is 280 g/mol. The number of nitrogens with one attached hydrogen (secondary N) is 2. The van der Waals surface area contributed by atoms with Crippen molar-refractivity contribution in [3.63, 3.8) is 0 Å². The first-order chi connectivity index (χ1) is 9.61. The lowest BCUT2D eigenvalue weighted by Crippen LogP contribution is -2.11. The van der Waals surface area contributed by atoms with Crippen LogP contribution in [0.5, 0.6) is 0 Å². The number of rotatable bonds is 5. The van der Waals surface area contributed by atoms with Gasteiger partial charge in [-0.05, 0) is 29.8 Å². The predicted molar refractivity (Wildman–Crippen MR) is 79.7 cm³/mol. The molecule has 0 heterocycles. The summed E-state index contributed by atoms with van der Waals surface area (Å²) in [5.74, 6) is 5.28. The number of para-hydroxylation sites is 1. The molecule has 104 valence electrons. The highest BCUT2D eigenvalue weighted by Gasteiger charge is 2.18. The summed E-state index contributed by atoms with van der Waals surface area (Å²) in [7, 11) is 0. The summed E-state index contributed by atoms with van der Waals surface area (Å²) in [5.41, 5.74) is 3.81. The van der Waals surface area contributed by atoms with Crippen molar-refractivity contribution in [3.8, 4) is 0 Å². The van der Waals surface area contributed by atoms with Crippen molar-refractivity contribution in [1.29, 1.82) is 0 Å². The molecule has 0 unspecified atom stereocenters. The molecule has 2 aromatic carbocycles. The lowest BCUT2D eigenvalue weighted by molar-refractivity contribution is -0.383. The number of nitrogen functional groups attached to an aromatic ring is 1. The van der Waals surface area contributed by atoms with E-state index in [1.54, 1.807) is 30.3 Å². The lowest BCUT2D eigenvalue weighted by Gasteiger charge is -2.10. The summed E-state index contributed by atoms with van der Waals surface area (Å²) in [5, 5.41) is 14.8. The molecule has 0 bridgehead atoms. The SMILES string of the molecule is NNc1cccc(NCc2cccc(Cl)c2)c1[N+](=O)[O-]. The fourth-order valence-electron chi connectivity index (χ4n) is 1.84. The van der Waals surface area contributed by atoms with E-state index in [-0.39, 0.29) is 11.4 Å². The average Bonchev–Trinajstić information content (AvgIpc) is 2.44. The minimum atomic E-state index is -0.477. The molecule has 2 rings (SSSR count). The Morgan fingerprint density at radius 1 is 1.20 bits per heavy atom. The third-order valence-electron chi connectivity index (χ3n) is 2.75. The van der Waals surface area contributed by atoms with Crippen LogP contribution in [-0.2, 0) is 6.54 Å². The molecule has 0 atom stereocenters. The summed E-state index contributed by atoms with van der Waals surface area (Å²) in [6.07, 6.45) is 0. The monoisotopic (exact) mass is 292 g/mol. The van der Waals surface area contributed by atoms with E-state index in [1.807, 2.05) is 12.1 Å². The van der Waals surface area contributed by atoms with Crippen LogP contribution >= 0.6 is 11.6 Å². The van der Waals surface area contributed by atoms with Crippen LogP contribution in [0.15, 0.2) is 42.5 Å². The number of nitro benzene ring substituents is 1. The molecule has 0 radical (unpaired) electrons. The maximum atomic E-state index is 11.1. The summed E-state index contributed by atoms with van der Waals surface area (Å²) < 4.78 is 0. The van der Waals surface area contributed by atoms with Gasteiger partial charge in [0.1, 0.15) is 11.4 Å². The second-order valence-corrected chi connectivity index (χ2v) is 4.52. The molecule has 2 aromatic rings. The normalized spacial score (nSPS) is 10.1. The number of nitrogens with two attached hydrogens (primary N) is 1. The smallest absolute Gasteiger partial charge is 0.316 e. The second-order valence-electron chi connectivity index (χ2n) is 4.09. The number of halogens is 1. The molecule has 0 aliphatic carbocycles. The van der Waals surface area contributed by atoms with Crippen LogP contribution in [0.25, 0.3) is 0 Å². The molecule has 0 aliphatic rings. The zero-order valence-corrected chi connectivity index (χ0v) is 11.2. The van der Waals surface area contributed by atoms with E-state index < -0.39 is 4.92 Å². The summed E-state index contributed by atoms with van der Waals surface area (Å²) in [4.78, 5) is 10.6. The van der Waals surface area contributed by atoms with Gasteiger partial charge in [-0.1, -0.05) is 29.8 Å². The average molecular weight is 293 g/mol. The highest BCUT2D eigenvalue weighted by atomic mass is 35.5. The standard InChI is InChI=1S/C13H13ClN4O2/c14-10-4-1-3-9(7-10)8-16-11-5-2-6-12(17-15)13(11)18(19)20/h1-7,16-17H,8,15H2. The number of anilines is 2. The summed E-state index contributed by atoms with van der Waals surface area (Å²) >= 11 is 5.89. The van der Waals surface area contributed by atoms with E-state index in [1.165, 1.54) is 0 Å². The lowest BCUT2D eigenvalue weighted by atomic mass is 10.2. The molecule has 20 heavy (non-hydrogen) atoms. The molecule has 0 amide bonds. The van der Waals surface area contributed by atoms with Crippen LogP contribution in [0.4, 0.5) is 17.1 Å². The van der Waals surface area contributed by atoms with Crippen LogP contribution < -0.4 is 16.6 Å². The van der Waals surface area contributed by atoms with E-state index in [2.05, 4.69) is 10.7 Å². The van der Waals surface area contributed by atoms with E-state index >= 15 is 0 Å². The first-order valence-electron chi connectivity index (χ1n) is 5.84. The van der Waals surface area contributed by atoms with Crippen molar-refractivity contribution in [3.05, 3.63) is 63.2 Å². The first-order valence-corrected chi connectivity index (χ1v) is 6.22. The van der Waals surface area contributed by atoms with Crippen LogP contribution in [-0.4, -0.2) is 4.92 Å². The molecule has 0 fully saturated rings. The fourth-order valence-corrected chi connectivity index (χ4v) is 2.06. The third-order valence-corrected chi connectivity index (χ3v) is 2.98. The van der Waals surface area contributed by atoms with Crippen molar-refractivity contribution in [2.24, 2.45) is 5.84 Å². The second kappa shape index (κ2) is 6.23. The van der Waals surface area contributed by atoms with Crippen molar-refractivity contribution in [2.75, 3.05) is 10.7 Å². The van der Waals surface area contributed by atoms with Gasteiger partial charge in [-0.15, -0.1) is 0 Å². The fraction of sp³-hybridized carbons (Fsp3) is 0.0769. The molecule has 0 saturated carbocycles. The third kappa shape index (κ3) is 3.17. The van der Waals surface area contributed by atoms with Gasteiger partial charge in [-0.3, -0.25) is 16.0 Å². The highest BCUT2D eigenvalue weighted by molar-refractivity contribution is 6.30. The summed E-state index contributed by atoms with van der Waals surface area (Å²) in [6, 6.07) is 12.1. The number of hydrogen-bond donors (Lipinski definition) is 3. The predicted octanol–water partition coefficient (Wildman–Crippen LogP) is 3.15. The Morgan fingerprint density at radius 2 is 1.90 bits per heavy atom. The quantitative estimate of drug-likeness (QED) is 0.447. The molecule has 7 heteroatoms. The van der Waals surface area contributed by atoms with Gasteiger partial charge in [-0.2, -0.15) is 0 Å². The van der Waals surface area contributed by atoms with Crippen molar-refractivity contribution >= 4 is 28.7 Å². The van der Waals surface area contributed by atoms with Crippen LogP contribution in [0.3, 0.4) is 0 Å². The molecule has 0 aliphatic heterocycles. The van der Waals surface area contributed by atoms with E-state index in [0.29, 0.717) is 17.3 Å². The maximum Gasteiger partial charge on any atom is 0.316 e. The van der Waals surface area contributed by atoms with E-state index in [0.717, 1.165) is 5.56 Å². The number of nitrogens with zero attached hydrogens (tertiary/aromatic N) is 1. The maximum absolute atomic E-state index is 11.1. The van der Waals surface area contributed by atoms with Gasteiger partial charge in [0.2, 0.25) is 0 Å². The number of hydrazine groups is 1. The van der Waals surface area contributed by atoms with Crippen LogP contribution in [0.1, 0.15) is 5.56 Å². The minimum Gasteiger partial charge on any atom is -0.375 e. The highest BCUT2D eigenvalue weighted by Crippen LogP contribution is 2.32. The topological polar surface area (TPSA) is 93.2 Å². The van der Waals surface area contributed by atoms with Gasteiger partial charge in [0.05, 0.1) is 4.92 Å². The molecule has 0 spiro atoms. The Labute approximate surface area is 120 Å². The Balaban J connectivity index is 2.23. The Hall–Kier alpha value is -2.31. The number of nitro groups is 1. The Morgan fingerprint density at radius 3 is 2.55 bits per heavy atom. The molecule has 4 N–H and O–H groups in total. The van der Waals surface area contributed by atoms with Gasteiger partial charge in [0, 0.05) is 11.6 Å².